The molecule has 2 amide bonds. The van der Waals surface area contributed by atoms with E-state index in [4.69, 9.17) is 18.9 Å². The van der Waals surface area contributed by atoms with E-state index in [9.17, 15) is 14.9 Å². The summed E-state index contributed by atoms with van der Waals surface area (Å²) < 4.78 is 24.4. The van der Waals surface area contributed by atoms with Gasteiger partial charge in [-0.1, -0.05) is 12.1 Å². The Morgan fingerprint density at radius 1 is 0.657 bits per heavy atom. The van der Waals surface area contributed by atoms with Crippen LogP contribution in [0.3, 0.4) is 0 Å². The summed E-state index contributed by atoms with van der Waals surface area (Å²) in [5.41, 5.74) is 8.37. The number of aromatic nitrogens is 2. The largest absolute Gasteiger partial charge is 0.492 e. The highest BCUT2D eigenvalue weighted by Crippen LogP contribution is 2.34. The van der Waals surface area contributed by atoms with Crippen molar-refractivity contribution < 1.29 is 28.5 Å². The number of anilines is 2. The number of carbonyl (C=O) groups excluding carboxylic acids is 2. The van der Waals surface area contributed by atoms with Gasteiger partial charge in [0.1, 0.15) is 36.2 Å². The highest BCUT2D eigenvalue weighted by Gasteiger charge is 2.24. The van der Waals surface area contributed by atoms with Crippen LogP contribution in [0.4, 0.5) is 11.4 Å². The molecule has 2 N–H and O–H groups in total. The van der Waals surface area contributed by atoms with Crippen molar-refractivity contribution >= 4 is 67.6 Å². The molecular formula is C53H56IN7O6. The fraction of sp³-hybridized carbons (Fsp3) is 0.377. The van der Waals surface area contributed by atoms with Gasteiger partial charge in [-0.3, -0.25) is 29.4 Å². The summed E-state index contributed by atoms with van der Waals surface area (Å²) in [7, 11) is 0. The van der Waals surface area contributed by atoms with Crippen LogP contribution in [0.2, 0.25) is 0 Å². The van der Waals surface area contributed by atoms with Crippen molar-refractivity contribution in [1.82, 2.24) is 19.8 Å². The van der Waals surface area contributed by atoms with E-state index in [1.54, 1.807) is 6.07 Å². The molecule has 10 rings (SSSR count). The zero-order chi connectivity index (χ0) is 46.3. The van der Waals surface area contributed by atoms with Crippen LogP contribution in [-0.2, 0) is 22.4 Å². The number of pyridine rings is 2. The number of hydrogen-bond donors (Lipinski definition) is 2. The van der Waals surface area contributed by atoms with Gasteiger partial charge >= 0.3 is 0 Å². The molecular weight excluding hydrogens is 958 g/mol. The van der Waals surface area contributed by atoms with Crippen molar-refractivity contribution in [3.05, 3.63) is 117 Å². The molecule has 0 radical (unpaired) electrons. The van der Waals surface area contributed by atoms with Crippen LogP contribution >= 0.6 is 22.6 Å². The number of benzene rings is 4. The topological polar surface area (TPSA) is 151 Å². The summed E-state index contributed by atoms with van der Waals surface area (Å²) in [5, 5.41) is 17.2. The van der Waals surface area contributed by atoms with Crippen molar-refractivity contribution in [3.63, 3.8) is 0 Å². The monoisotopic (exact) mass is 1010 g/mol. The number of rotatable bonds is 12. The number of amides is 2. The van der Waals surface area contributed by atoms with Crippen LogP contribution in [0.5, 0.6) is 23.0 Å². The van der Waals surface area contributed by atoms with Crippen LogP contribution in [0.25, 0.3) is 21.8 Å². The van der Waals surface area contributed by atoms with Crippen LogP contribution < -0.4 is 29.6 Å². The van der Waals surface area contributed by atoms with Gasteiger partial charge in [0, 0.05) is 38.8 Å². The minimum atomic E-state index is -0.0982. The maximum atomic E-state index is 11.6. The summed E-state index contributed by atoms with van der Waals surface area (Å²) in [6.45, 7) is 11.5. The van der Waals surface area contributed by atoms with Gasteiger partial charge in [0.2, 0.25) is 0 Å². The maximum absolute atomic E-state index is 11.6. The van der Waals surface area contributed by atoms with Crippen molar-refractivity contribution in [3.8, 4) is 29.1 Å². The second kappa shape index (κ2) is 21.3. The molecule has 0 atom stereocenters. The van der Waals surface area contributed by atoms with E-state index in [1.807, 2.05) is 56.3 Å². The SMILES string of the molecule is Cc1ccc2c(OCCN3CCC(Cc4ccc5c(c4)NC(=O)CO5)CC3)cc(C#N)cc2n1.Cc1ccc2c(OCCN3CCC(Cc4ccc5c(c4)NC(=O)CO5)CC3)cc(I)cc2n1. The number of fused-ring (bicyclic) bond motifs is 4. The Morgan fingerprint density at radius 3 is 1.63 bits per heavy atom. The molecule has 4 aliphatic rings. The van der Waals surface area contributed by atoms with E-state index < -0.39 is 0 Å². The molecule has 0 bridgehead atoms. The van der Waals surface area contributed by atoms with Gasteiger partial charge < -0.3 is 29.6 Å². The first-order chi connectivity index (χ1) is 32.6. The van der Waals surface area contributed by atoms with Crippen LogP contribution in [-0.4, -0.2) is 97.3 Å². The zero-order valence-corrected chi connectivity index (χ0v) is 40.3. The summed E-state index contributed by atoms with van der Waals surface area (Å²) in [4.78, 5) is 37.3. The van der Waals surface area contributed by atoms with Crippen LogP contribution in [0.1, 0.15) is 53.8 Å². The highest BCUT2D eigenvalue weighted by molar-refractivity contribution is 14.1. The molecule has 346 valence electrons. The minimum Gasteiger partial charge on any atom is -0.492 e. The van der Waals surface area contributed by atoms with Crippen LogP contribution in [0, 0.1) is 40.6 Å². The van der Waals surface area contributed by atoms with Crippen LogP contribution in [0.15, 0.2) is 84.9 Å². The number of nitriles is 1. The van der Waals surface area contributed by atoms with Crippen molar-refractivity contribution in [2.45, 2.75) is 52.4 Å². The van der Waals surface area contributed by atoms with Gasteiger partial charge in [-0.25, -0.2) is 0 Å². The van der Waals surface area contributed by atoms with E-state index >= 15 is 0 Å². The molecule has 13 nitrogen and oxygen atoms in total. The number of nitrogens with one attached hydrogen (secondary N) is 2. The Kier molecular flexibility index (Phi) is 14.7. The Bertz CT molecular complexity index is 2810. The molecule has 6 aromatic rings. The number of carbonyl (C=O) groups is 2. The average molecular weight is 1010 g/mol. The standard InChI is InChI=1S/C27H28N4O3.C26H28IN3O3/c1-18-2-4-22-23(29-18)14-21(16-28)15-26(22)33-11-10-31-8-6-19(7-9-31)12-20-3-5-25-24(13-20)30-27(32)17-34-25;1-17-2-4-21-22(28-17)14-20(27)15-25(21)32-11-10-30-8-6-18(7-9-30)12-19-3-5-24-23(13-19)29-26(31)16-33-24/h2-5,13-15,19H,6-12,17H2,1H3,(H,30,32);2-5,13-15,18H,6-12,16H2,1H3,(H,29,31). The third-order valence-corrected chi connectivity index (χ3v) is 13.7. The van der Waals surface area contributed by atoms with E-state index in [0.29, 0.717) is 30.6 Å². The number of nitrogens with zero attached hydrogens (tertiary/aromatic N) is 5. The summed E-state index contributed by atoms with van der Waals surface area (Å²) in [6.07, 6.45) is 6.66. The molecule has 0 saturated carbocycles. The number of likely N-dealkylation sites (tertiary alicyclic amines) is 2. The van der Waals surface area contributed by atoms with Gasteiger partial charge in [-0.2, -0.15) is 5.26 Å². The van der Waals surface area contributed by atoms with Gasteiger partial charge in [0.15, 0.2) is 13.2 Å². The lowest BCUT2D eigenvalue weighted by atomic mass is 9.90. The van der Waals surface area contributed by atoms with E-state index in [-0.39, 0.29) is 25.0 Å². The Morgan fingerprint density at radius 2 is 1.13 bits per heavy atom. The molecule has 4 aromatic carbocycles. The lowest BCUT2D eigenvalue weighted by Crippen LogP contribution is -2.37. The van der Waals surface area contributed by atoms with Crippen molar-refractivity contribution in [2.75, 3.05) is 76.3 Å². The number of aryl methyl sites for hydroxylation is 2. The predicted molar refractivity (Wildman–Crippen MR) is 268 cm³/mol. The second-order valence-corrected chi connectivity index (χ2v) is 19.3. The van der Waals surface area contributed by atoms with Gasteiger partial charge in [0.05, 0.1) is 34.0 Å². The molecule has 67 heavy (non-hydrogen) atoms. The fourth-order valence-electron chi connectivity index (χ4n) is 9.46. The molecule has 14 heteroatoms. The van der Waals surface area contributed by atoms with Crippen molar-refractivity contribution in [2.24, 2.45) is 11.8 Å². The first-order valence-electron chi connectivity index (χ1n) is 23.3. The Hall–Kier alpha value is -6.02. The lowest BCUT2D eigenvalue weighted by Gasteiger charge is -2.32. The van der Waals surface area contributed by atoms with E-state index in [2.05, 4.69) is 95.5 Å². The quantitative estimate of drug-likeness (QED) is 0.113. The smallest absolute Gasteiger partial charge is 0.262 e. The van der Waals surface area contributed by atoms with Crippen molar-refractivity contribution in [1.29, 1.82) is 5.26 Å². The first kappa shape index (κ1) is 46.1. The zero-order valence-electron chi connectivity index (χ0n) is 38.1. The third kappa shape index (κ3) is 11.9. The van der Waals surface area contributed by atoms with E-state index in [0.717, 1.165) is 136 Å². The second-order valence-electron chi connectivity index (χ2n) is 18.0. The highest BCUT2D eigenvalue weighted by atomic mass is 127. The molecule has 0 aliphatic carbocycles. The first-order valence-corrected chi connectivity index (χ1v) is 24.4. The molecule has 0 spiro atoms. The average Bonchev–Trinajstić information content (AvgIpc) is 3.32. The fourth-order valence-corrected chi connectivity index (χ4v) is 10.0. The van der Waals surface area contributed by atoms with Gasteiger partial charge in [-0.15, -0.1) is 0 Å². The Labute approximate surface area is 405 Å². The minimum absolute atomic E-state index is 0.0835. The molecule has 2 saturated heterocycles. The lowest BCUT2D eigenvalue weighted by molar-refractivity contribution is -0.119. The predicted octanol–water partition coefficient (Wildman–Crippen LogP) is 8.89. The number of piperidine rings is 2. The summed E-state index contributed by atoms with van der Waals surface area (Å²) >= 11 is 2.33. The number of ether oxygens (including phenoxy) is 4. The normalized spacial score (nSPS) is 16.6. The molecule has 0 unspecified atom stereocenters. The summed E-state index contributed by atoms with van der Waals surface area (Å²) in [6, 6.07) is 30.4. The molecule has 2 aromatic heterocycles. The Balaban J connectivity index is 0.000000168. The number of halogens is 1. The van der Waals surface area contributed by atoms with Gasteiger partial charge in [0.25, 0.3) is 11.8 Å². The summed E-state index contributed by atoms with van der Waals surface area (Å²) in [5.74, 6) is 4.26. The molecule has 4 aliphatic heterocycles. The molecule has 2 fully saturated rings. The maximum Gasteiger partial charge on any atom is 0.262 e. The van der Waals surface area contributed by atoms with Gasteiger partial charge in [-0.05, 0) is 197 Å². The van der Waals surface area contributed by atoms with E-state index in [1.165, 1.54) is 24.0 Å². The third-order valence-electron chi connectivity index (χ3n) is 13.1. The molecule has 6 heterocycles. The number of hydrogen-bond acceptors (Lipinski definition) is 11.